The highest BCUT2D eigenvalue weighted by Gasteiger charge is 2.04. The van der Waals surface area contributed by atoms with E-state index >= 15 is 0 Å². The molecule has 1 aromatic heterocycles. The van der Waals surface area contributed by atoms with Crippen molar-refractivity contribution in [3.63, 3.8) is 0 Å². The van der Waals surface area contributed by atoms with E-state index in [2.05, 4.69) is 4.98 Å². The number of amidine groups is 1. The van der Waals surface area contributed by atoms with E-state index in [0.29, 0.717) is 17.9 Å². The maximum Gasteiger partial charge on any atom is 0.148 e. The van der Waals surface area contributed by atoms with Gasteiger partial charge < -0.3 is 10.5 Å². The van der Waals surface area contributed by atoms with E-state index in [1.807, 2.05) is 6.92 Å². The van der Waals surface area contributed by atoms with Gasteiger partial charge in [0.1, 0.15) is 11.6 Å². The van der Waals surface area contributed by atoms with Gasteiger partial charge in [-0.25, -0.2) is 0 Å². The van der Waals surface area contributed by atoms with Crippen LogP contribution in [0.2, 0.25) is 0 Å². The first-order valence-corrected chi connectivity index (χ1v) is 4.17. The van der Waals surface area contributed by atoms with Gasteiger partial charge in [0.15, 0.2) is 0 Å². The second kappa shape index (κ2) is 4.45. The average Bonchev–Trinajstić information content (AvgIpc) is 2.15. The molecule has 0 amide bonds. The number of nitrogens with one attached hydrogen (secondary N) is 1. The van der Waals surface area contributed by atoms with Crippen LogP contribution in [0.5, 0.6) is 5.75 Å². The van der Waals surface area contributed by atoms with E-state index in [1.165, 1.54) is 0 Å². The third-order valence-corrected chi connectivity index (χ3v) is 1.54. The zero-order valence-electron chi connectivity index (χ0n) is 7.58. The highest BCUT2D eigenvalue weighted by Crippen LogP contribution is 2.15. The molecular weight excluding hydrogens is 166 g/mol. The number of nitrogen functional groups attached to an aromatic ring is 1. The van der Waals surface area contributed by atoms with Crippen LogP contribution in [-0.2, 0) is 0 Å². The second-order valence-corrected chi connectivity index (χ2v) is 2.63. The molecule has 3 N–H and O–H groups in total. The summed E-state index contributed by atoms with van der Waals surface area (Å²) in [4.78, 5) is 3.90. The van der Waals surface area contributed by atoms with Gasteiger partial charge in [-0.2, -0.15) is 0 Å². The van der Waals surface area contributed by atoms with E-state index in [1.54, 1.807) is 18.5 Å². The molecule has 0 spiro atoms. The molecule has 0 aromatic carbocycles. The molecule has 1 aromatic rings. The molecule has 0 aliphatic heterocycles. The van der Waals surface area contributed by atoms with Gasteiger partial charge in [-0.1, -0.05) is 6.92 Å². The standard InChI is InChI=1S/C9H13N3O/c1-2-5-13-8-6-12-4-3-7(8)9(10)11/h3-4,6H,2,5H2,1H3,(H3,10,11). The Hall–Kier alpha value is -1.58. The van der Waals surface area contributed by atoms with Crippen LogP contribution in [0.1, 0.15) is 18.9 Å². The lowest BCUT2D eigenvalue weighted by Crippen LogP contribution is -2.13. The van der Waals surface area contributed by atoms with Gasteiger partial charge >= 0.3 is 0 Å². The summed E-state index contributed by atoms with van der Waals surface area (Å²) in [7, 11) is 0. The molecule has 0 bridgehead atoms. The molecule has 0 radical (unpaired) electrons. The molecule has 1 rings (SSSR count). The molecular formula is C9H13N3O. The van der Waals surface area contributed by atoms with Crippen molar-refractivity contribution in [3.05, 3.63) is 24.0 Å². The summed E-state index contributed by atoms with van der Waals surface area (Å²) < 4.78 is 5.36. The molecule has 0 aliphatic rings. The Morgan fingerprint density at radius 1 is 1.69 bits per heavy atom. The van der Waals surface area contributed by atoms with E-state index in [4.69, 9.17) is 15.9 Å². The van der Waals surface area contributed by atoms with Crippen molar-refractivity contribution >= 4 is 5.84 Å². The van der Waals surface area contributed by atoms with Crippen molar-refractivity contribution in [2.75, 3.05) is 6.61 Å². The number of rotatable bonds is 4. The lowest BCUT2D eigenvalue weighted by atomic mass is 10.2. The molecule has 0 unspecified atom stereocenters. The number of nitrogens with two attached hydrogens (primary N) is 1. The predicted octanol–water partition coefficient (Wildman–Crippen LogP) is 1.15. The third-order valence-electron chi connectivity index (χ3n) is 1.54. The van der Waals surface area contributed by atoms with Crippen LogP contribution in [-0.4, -0.2) is 17.4 Å². The Bertz CT molecular complexity index is 299. The normalized spacial score (nSPS) is 9.62. The van der Waals surface area contributed by atoms with Crippen molar-refractivity contribution in [1.82, 2.24) is 4.98 Å². The Kier molecular flexibility index (Phi) is 3.25. The van der Waals surface area contributed by atoms with Crippen LogP contribution >= 0.6 is 0 Å². The summed E-state index contributed by atoms with van der Waals surface area (Å²) in [6.45, 7) is 2.63. The smallest absolute Gasteiger partial charge is 0.148 e. The van der Waals surface area contributed by atoms with Crippen molar-refractivity contribution in [3.8, 4) is 5.75 Å². The maximum absolute atomic E-state index is 7.28. The number of hydrogen-bond donors (Lipinski definition) is 2. The molecule has 70 valence electrons. The number of ether oxygens (including phenoxy) is 1. The van der Waals surface area contributed by atoms with Gasteiger partial charge in [0, 0.05) is 6.20 Å². The number of pyridine rings is 1. The van der Waals surface area contributed by atoms with Gasteiger partial charge in [0.05, 0.1) is 18.4 Å². The minimum absolute atomic E-state index is 0.00787. The predicted molar refractivity (Wildman–Crippen MR) is 51.0 cm³/mol. The van der Waals surface area contributed by atoms with Gasteiger partial charge in [-0.05, 0) is 12.5 Å². The van der Waals surface area contributed by atoms with E-state index < -0.39 is 0 Å². The minimum atomic E-state index is 0.00787. The number of hydrogen-bond acceptors (Lipinski definition) is 3. The summed E-state index contributed by atoms with van der Waals surface area (Å²) in [5.41, 5.74) is 5.96. The van der Waals surface area contributed by atoms with Crippen molar-refractivity contribution < 1.29 is 4.74 Å². The Morgan fingerprint density at radius 3 is 3.08 bits per heavy atom. The third kappa shape index (κ3) is 2.43. The molecule has 0 saturated heterocycles. The molecule has 0 atom stereocenters. The topological polar surface area (TPSA) is 72.0 Å². The fourth-order valence-electron chi connectivity index (χ4n) is 0.930. The second-order valence-electron chi connectivity index (χ2n) is 2.63. The fourth-order valence-corrected chi connectivity index (χ4v) is 0.930. The SMILES string of the molecule is CCCOc1cnccc1C(=N)N. The summed E-state index contributed by atoms with van der Waals surface area (Å²) >= 11 is 0. The van der Waals surface area contributed by atoms with E-state index in [-0.39, 0.29) is 5.84 Å². The molecule has 0 saturated carbocycles. The van der Waals surface area contributed by atoms with Gasteiger partial charge in [-0.15, -0.1) is 0 Å². The molecule has 13 heavy (non-hydrogen) atoms. The maximum atomic E-state index is 7.28. The molecule has 0 aliphatic carbocycles. The van der Waals surface area contributed by atoms with Gasteiger partial charge in [0.25, 0.3) is 0 Å². The average molecular weight is 179 g/mol. The summed E-state index contributed by atoms with van der Waals surface area (Å²) in [6, 6.07) is 1.67. The minimum Gasteiger partial charge on any atom is -0.491 e. The summed E-state index contributed by atoms with van der Waals surface area (Å²) in [6.07, 6.45) is 4.09. The molecule has 0 fully saturated rings. The van der Waals surface area contributed by atoms with Crippen LogP contribution in [0.3, 0.4) is 0 Å². The number of aromatic nitrogens is 1. The lowest BCUT2D eigenvalue weighted by Gasteiger charge is -2.07. The van der Waals surface area contributed by atoms with Gasteiger partial charge in [0.2, 0.25) is 0 Å². The lowest BCUT2D eigenvalue weighted by molar-refractivity contribution is 0.315. The first kappa shape index (κ1) is 9.51. The van der Waals surface area contributed by atoms with Crippen LogP contribution in [0.4, 0.5) is 0 Å². The summed E-state index contributed by atoms with van der Waals surface area (Å²) in [5.74, 6) is 0.588. The fraction of sp³-hybridized carbons (Fsp3) is 0.333. The zero-order valence-corrected chi connectivity index (χ0v) is 7.58. The quantitative estimate of drug-likeness (QED) is 0.538. The van der Waals surface area contributed by atoms with Crippen molar-refractivity contribution in [2.24, 2.45) is 5.73 Å². The largest absolute Gasteiger partial charge is 0.491 e. The van der Waals surface area contributed by atoms with Crippen LogP contribution in [0.25, 0.3) is 0 Å². The van der Waals surface area contributed by atoms with Crippen molar-refractivity contribution in [1.29, 1.82) is 5.41 Å². The zero-order chi connectivity index (χ0) is 9.68. The van der Waals surface area contributed by atoms with Crippen LogP contribution < -0.4 is 10.5 Å². The monoisotopic (exact) mass is 179 g/mol. The Balaban J connectivity index is 2.84. The summed E-state index contributed by atoms with van der Waals surface area (Å²) in [5, 5.41) is 7.28. The van der Waals surface area contributed by atoms with Crippen LogP contribution in [0.15, 0.2) is 18.5 Å². The van der Waals surface area contributed by atoms with Crippen molar-refractivity contribution in [2.45, 2.75) is 13.3 Å². The molecule has 4 heteroatoms. The van der Waals surface area contributed by atoms with E-state index in [0.717, 1.165) is 6.42 Å². The molecule has 4 nitrogen and oxygen atoms in total. The van der Waals surface area contributed by atoms with Gasteiger partial charge in [-0.3, -0.25) is 10.4 Å². The highest BCUT2D eigenvalue weighted by molar-refractivity contribution is 5.97. The Morgan fingerprint density at radius 2 is 2.46 bits per heavy atom. The van der Waals surface area contributed by atoms with E-state index in [9.17, 15) is 0 Å². The first-order chi connectivity index (χ1) is 6.25. The van der Waals surface area contributed by atoms with Crippen LogP contribution in [0, 0.1) is 5.41 Å². The highest BCUT2D eigenvalue weighted by atomic mass is 16.5. The Labute approximate surface area is 77.2 Å². The molecule has 1 heterocycles. The first-order valence-electron chi connectivity index (χ1n) is 4.17. The number of nitrogens with zero attached hydrogens (tertiary/aromatic N) is 1.